The fourth-order valence-electron chi connectivity index (χ4n) is 6.49. The Labute approximate surface area is 181 Å². The van der Waals surface area contributed by atoms with Crippen LogP contribution in [0.25, 0.3) is 0 Å². The van der Waals surface area contributed by atoms with E-state index in [4.69, 9.17) is 14.2 Å². The summed E-state index contributed by atoms with van der Waals surface area (Å²) in [5, 5.41) is 13.2. The fraction of sp³-hybridized carbons (Fsp3) is 0.652. The van der Waals surface area contributed by atoms with Gasteiger partial charge in [0.1, 0.15) is 12.2 Å². The molecule has 31 heavy (non-hydrogen) atoms. The minimum absolute atomic E-state index is 0.107. The van der Waals surface area contributed by atoms with Gasteiger partial charge in [-0.3, -0.25) is 4.79 Å². The predicted molar refractivity (Wildman–Crippen MR) is 111 cm³/mol. The first kappa shape index (κ1) is 20.4. The summed E-state index contributed by atoms with van der Waals surface area (Å²) in [7, 11) is 2.19. The number of hydrogen-bond donors (Lipinski definition) is 2. The van der Waals surface area contributed by atoms with Crippen LogP contribution in [0.1, 0.15) is 43.7 Å². The Morgan fingerprint density at radius 3 is 3.00 bits per heavy atom. The smallest absolute Gasteiger partial charge is 0.407 e. The monoisotopic (exact) mass is 430 g/mol. The zero-order valence-electron chi connectivity index (χ0n) is 18.1. The van der Waals surface area contributed by atoms with Gasteiger partial charge in [-0.2, -0.15) is 0 Å². The molecular formula is C23H30N2O6. The summed E-state index contributed by atoms with van der Waals surface area (Å²) in [6.45, 7) is 3.19. The van der Waals surface area contributed by atoms with Crippen molar-refractivity contribution in [3.63, 3.8) is 0 Å². The van der Waals surface area contributed by atoms with Crippen molar-refractivity contribution in [1.82, 2.24) is 10.2 Å². The molecule has 1 saturated heterocycles. The van der Waals surface area contributed by atoms with E-state index in [-0.39, 0.29) is 36.2 Å². The maximum atomic E-state index is 12.5. The molecule has 8 heteroatoms. The van der Waals surface area contributed by atoms with Gasteiger partial charge in [0.25, 0.3) is 0 Å². The molecule has 2 N–H and O–H groups in total. The highest BCUT2D eigenvalue weighted by Gasteiger charge is 2.66. The number of esters is 1. The second-order valence-electron chi connectivity index (χ2n) is 9.14. The number of carbonyl (C=O) groups excluding carboxylic acids is 2. The number of piperidine rings is 1. The zero-order valence-corrected chi connectivity index (χ0v) is 18.1. The lowest BCUT2D eigenvalue weighted by Crippen LogP contribution is -2.66. The van der Waals surface area contributed by atoms with Crippen molar-refractivity contribution < 1.29 is 28.9 Å². The van der Waals surface area contributed by atoms with Gasteiger partial charge in [-0.1, -0.05) is 6.07 Å². The lowest BCUT2D eigenvalue weighted by Gasteiger charge is -2.58. The van der Waals surface area contributed by atoms with Crippen LogP contribution in [0, 0.1) is 5.92 Å². The standard InChI is InChI=1S/C23H30N2O6/c1-3-29-18(27)8-10-24-22(28)30-17-7-5-14-15-12-13-4-6-16(26)20-19(13)23(14,21(17)31-20)9-11-25(15)2/h4,6,14-15,17,21,26H,3,5,7-12H2,1-2H3,(H,24,28)/t14-,15+,17?,21?,23-/m0/s1. The number of hydrogen-bond acceptors (Lipinski definition) is 7. The summed E-state index contributed by atoms with van der Waals surface area (Å²) < 4.78 is 17.1. The molecule has 4 aliphatic rings. The number of amides is 1. The van der Waals surface area contributed by atoms with Gasteiger partial charge >= 0.3 is 12.1 Å². The number of likely N-dealkylation sites (N-methyl/N-ethyl adjacent to an activating group) is 1. The molecule has 2 fully saturated rings. The molecule has 2 heterocycles. The zero-order chi connectivity index (χ0) is 21.8. The molecule has 1 spiro atoms. The van der Waals surface area contributed by atoms with Crippen LogP contribution in [0.4, 0.5) is 4.79 Å². The Morgan fingerprint density at radius 2 is 2.19 bits per heavy atom. The van der Waals surface area contributed by atoms with E-state index in [1.165, 1.54) is 5.56 Å². The van der Waals surface area contributed by atoms with Crippen LogP contribution in [0.15, 0.2) is 12.1 Å². The van der Waals surface area contributed by atoms with E-state index in [9.17, 15) is 14.7 Å². The van der Waals surface area contributed by atoms with Crippen molar-refractivity contribution in [3.05, 3.63) is 23.3 Å². The molecular weight excluding hydrogens is 400 g/mol. The molecule has 168 valence electrons. The fourth-order valence-corrected chi connectivity index (χ4v) is 6.49. The van der Waals surface area contributed by atoms with Crippen LogP contribution >= 0.6 is 0 Å². The second-order valence-corrected chi connectivity index (χ2v) is 9.14. The van der Waals surface area contributed by atoms with Gasteiger partial charge in [-0.15, -0.1) is 0 Å². The summed E-state index contributed by atoms with van der Waals surface area (Å²) in [6, 6.07) is 4.18. The van der Waals surface area contributed by atoms with E-state index in [1.807, 2.05) is 6.07 Å². The molecule has 0 radical (unpaired) electrons. The number of phenols is 1. The number of nitrogens with zero attached hydrogens (tertiary/aromatic N) is 1. The van der Waals surface area contributed by atoms with Gasteiger partial charge in [0.05, 0.1) is 13.0 Å². The molecule has 5 rings (SSSR count). The molecule has 2 aliphatic heterocycles. The van der Waals surface area contributed by atoms with Gasteiger partial charge in [-0.05, 0) is 63.7 Å². The second kappa shape index (κ2) is 7.58. The van der Waals surface area contributed by atoms with Crippen molar-refractivity contribution in [2.24, 2.45) is 5.92 Å². The van der Waals surface area contributed by atoms with E-state index in [0.717, 1.165) is 37.8 Å². The van der Waals surface area contributed by atoms with Crippen LogP contribution in [-0.2, 0) is 26.1 Å². The normalized spacial score (nSPS) is 32.6. The maximum Gasteiger partial charge on any atom is 0.407 e. The van der Waals surface area contributed by atoms with Crippen LogP contribution in [0.5, 0.6) is 11.5 Å². The summed E-state index contributed by atoms with van der Waals surface area (Å²) >= 11 is 0. The molecule has 1 amide bonds. The summed E-state index contributed by atoms with van der Waals surface area (Å²) in [5.41, 5.74) is 2.15. The number of aromatic hydroxyl groups is 1. The van der Waals surface area contributed by atoms with Gasteiger partial charge in [0.2, 0.25) is 0 Å². The minimum Gasteiger partial charge on any atom is -0.504 e. The van der Waals surface area contributed by atoms with E-state index in [2.05, 4.69) is 17.3 Å². The third kappa shape index (κ3) is 3.06. The summed E-state index contributed by atoms with van der Waals surface area (Å²) in [4.78, 5) is 26.4. The number of carbonyl (C=O) groups is 2. The Kier molecular flexibility index (Phi) is 5.00. The first-order chi connectivity index (χ1) is 15.0. The van der Waals surface area contributed by atoms with Gasteiger partial charge in [-0.25, -0.2) is 4.79 Å². The minimum atomic E-state index is -0.548. The van der Waals surface area contributed by atoms with Crippen LogP contribution in [0.2, 0.25) is 0 Å². The number of alkyl carbamates (subject to hydrolysis) is 1. The largest absolute Gasteiger partial charge is 0.504 e. The van der Waals surface area contributed by atoms with Crippen LogP contribution in [-0.4, -0.2) is 67.1 Å². The molecule has 1 saturated carbocycles. The van der Waals surface area contributed by atoms with Gasteiger partial charge in [0, 0.05) is 23.6 Å². The average molecular weight is 431 g/mol. The summed E-state index contributed by atoms with van der Waals surface area (Å²) in [6.07, 6.45) is 2.40. The highest BCUT2D eigenvalue weighted by atomic mass is 16.6. The van der Waals surface area contributed by atoms with E-state index in [1.54, 1.807) is 13.0 Å². The molecule has 1 aromatic rings. The number of phenolic OH excluding ortho intramolecular Hbond substituents is 1. The highest BCUT2D eigenvalue weighted by molar-refractivity contribution is 5.72. The number of ether oxygens (including phenoxy) is 3. The Morgan fingerprint density at radius 1 is 1.35 bits per heavy atom. The molecule has 5 atom stereocenters. The first-order valence-electron chi connectivity index (χ1n) is 11.3. The molecule has 0 aromatic heterocycles. The van der Waals surface area contributed by atoms with Crippen molar-refractivity contribution in [3.8, 4) is 11.5 Å². The van der Waals surface area contributed by atoms with Crippen molar-refractivity contribution in [2.45, 2.75) is 62.7 Å². The first-order valence-corrected chi connectivity index (χ1v) is 11.3. The van der Waals surface area contributed by atoms with Gasteiger partial charge in [0.15, 0.2) is 11.5 Å². The number of likely N-dealkylation sites (tertiary alicyclic amines) is 1. The number of benzene rings is 1. The lowest BCUT2D eigenvalue weighted by atomic mass is 9.51. The van der Waals surface area contributed by atoms with E-state index in [0.29, 0.717) is 24.3 Å². The van der Waals surface area contributed by atoms with Crippen molar-refractivity contribution >= 4 is 12.1 Å². The molecule has 1 aromatic carbocycles. The Hall–Kier alpha value is -2.48. The molecule has 2 bridgehead atoms. The quantitative estimate of drug-likeness (QED) is 0.691. The number of nitrogens with one attached hydrogen (secondary N) is 1. The Balaban J connectivity index is 1.37. The molecule has 8 nitrogen and oxygen atoms in total. The van der Waals surface area contributed by atoms with E-state index < -0.39 is 12.2 Å². The summed E-state index contributed by atoms with van der Waals surface area (Å²) in [5.74, 6) is 0.808. The topological polar surface area (TPSA) is 97.3 Å². The third-order valence-corrected chi connectivity index (χ3v) is 7.70. The van der Waals surface area contributed by atoms with Crippen molar-refractivity contribution in [1.29, 1.82) is 0 Å². The third-order valence-electron chi connectivity index (χ3n) is 7.70. The van der Waals surface area contributed by atoms with Crippen LogP contribution in [0.3, 0.4) is 0 Å². The predicted octanol–water partition coefficient (Wildman–Crippen LogP) is 2.11. The SMILES string of the molecule is CCOC(=O)CCNC(=O)OC1CC[C@H]2[C@H]3Cc4ccc(O)c5c4[C@@]2(CCN3C)C1O5. The average Bonchev–Trinajstić information content (AvgIpc) is 3.09. The van der Waals surface area contributed by atoms with E-state index >= 15 is 0 Å². The van der Waals surface area contributed by atoms with Crippen LogP contribution < -0.4 is 10.1 Å². The molecule has 2 unspecified atom stereocenters. The number of rotatable bonds is 5. The molecule has 2 aliphatic carbocycles. The van der Waals surface area contributed by atoms with Gasteiger partial charge < -0.3 is 29.5 Å². The highest BCUT2D eigenvalue weighted by Crippen LogP contribution is 2.63. The lowest BCUT2D eigenvalue weighted by molar-refractivity contribution is -0.142. The maximum absolute atomic E-state index is 12.5. The Bertz CT molecular complexity index is 904. The van der Waals surface area contributed by atoms with Crippen molar-refractivity contribution in [2.75, 3.05) is 26.7 Å².